The summed E-state index contributed by atoms with van der Waals surface area (Å²) in [6, 6.07) is 10.5. The van der Waals surface area contributed by atoms with Gasteiger partial charge in [-0.3, -0.25) is 20.4 Å². The molecule has 0 atom stereocenters. The highest BCUT2D eigenvalue weighted by molar-refractivity contribution is 6.07. The van der Waals surface area contributed by atoms with Crippen molar-refractivity contribution in [3.63, 3.8) is 0 Å². The van der Waals surface area contributed by atoms with Crippen molar-refractivity contribution in [3.8, 4) is 5.88 Å². The quantitative estimate of drug-likeness (QED) is 0.641. The fraction of sp³-hybridized carbons (Fsp3) is 0.0625. The second kappa shape index (κ2) is 6.18. The molecule has 0 aliphatic carbocycles. The molecule has 2 aromatic heterocycles. The Morgan fingerprint density at radius 1 is 1.09 bits per heavy atom. The zero-order valence-electron chi connectivity index (χ0n) is 12.3. The lowest BCUT2D eigenvalue weighted by atomic mass is 10.2. The van der Waals surface area contributed by atoms with Crippen LogP contribution >= 0.6 is 0 Å². The Balaban J connectivity index is 1.67. The summed E-state index contributed by atoms with van der Waals surface area (Å²) in [5.41, 5.74) is 6.36. The number of ether oxygens (including phenoxy) is 1. The molecule has 3 aromatic rings. The van der Waals surface area contributed by atoms with Gasteiger partial charge in [0.25, 0.3) is 11.8 Å². The van der Waals surface area contributed by atoms with E-state index in [0.29, 0.717) is 17.0 Å². The molecule has 3 rings (SSSR count). The van der Waals surface area contributed by atoms with Crippen LogP contribution in [-0.4, -0.2) is 28.9 Å². The van der Waals surface area contributed by atoms with Crippen LogP contribution in [0.5, 0.6) is 5.88 Å². The number of nitrogens with one attached hydrogen (secondary N) is 3. The average Bonchev–Trinajstić information content (AvgIpc) is 3.03. The summed E-state index contributed by atoms with van der Waals surface area (Å²) in [6.07, 6.45) is 2.97. The van der Waals surface area contributed by atoms with Gasteiger partial charge in [0.1, 0.15) is 0 Å². The highest BCUT2D eigenvalue weighted by atomic mass is 16.5. The molecule has 0 saturated heterocycles. The van der Waals surface area contributed by atoms with E-state index in [1.54, 1.807) is 18.3 Å². The summed E-state index contributed by atoms with van der Waals surface area (Å²) in [5.74, 6) is -0.463. The minimum absolute atomic E-state index is 0.310. The van der Waals surface area contributed by atoms with Gasteiger partial charge in [-0.15, -0.1) is 0 Å². The fourth-order valence-electron chi connectivity index (χ4n) is 2.15. The summed E-state index contributed by atoms with van der Waals surface area (Å²) < 4.78 is 4.92. The van der Waals surface area contributed by atoms with Crippen LogP contribution in [0.2, 0.25) is 0 Å². The van der Waals surface area contributed by atoms with Crippen LogP contribution in [-0.2, 0) is 0 Å². The monoisotopic (exact) mass is 310 g/mol. The van der Waals surface area contributed by atoms with Gasteiger partial charge in [0.05, 0.1) is 18.2 Å². The molecule has 116 valence electrons. The van der Waals surface area contributed by atoms with E-state index < -0.39 is 11.8 Å². The zero-order chi connectivity index (χ0) is 16.2. The number of aromatic nitrogens is 2. The Labute approximate surface area is 131 Å². The zero-order valence-corrected chi connectivity index (χ0v) is 12.3. The topological polar surface area (TPSA) is 96.1 Å². The van der Waals surface area contributed by atoms with Gasteiger partial charge in [-0.1, -0.05) is 18.2 Å². The van der Waals surface area contributed by atoms with Crippen LogP contribution < -0.4 is 15.6 Å². The number of amides is 2. The Bertz CT molecular complexity index is 855. The van der Waals surface area contributed by atoms with Crippen molar-refractivity contribution in [2.75, 3.05) is 7.11 Å². The lowest BCUT2D eigenvalue weighted by Crippen LogP contribution is -2.41. The maximum atomic E-state index is 12.2. The fourth-order valence-corrected chi connectivity index (χ4v) is 2.15. The van der Waals surface area contributed by atoms with Gasteiger partial charge in [-0.2, -0.15) is 0 Å². The van der Waals surface area contributed by atoms with Crippen LogP contribution in [0.1, 0.15) is 20.7 Å². The van der Waals surface area contributed by atoms with Crippen molar-refractivity contribution < 1.29 is 14.3 Å². The van der Waals surface area contributed by atoms with E-state index in [-0.39, 0.29) is 0 Å². The molecule has 0 aliphatic heterocycles. The van der Waals surface area contributed by atoms with Crippen molar-refractivity contribution in [1.82, 2.24) is 20.8 Å². The Hall–Kier alpha value is -3.35. The third kappa shape index (κ3) is 2.98. The highest BCUT2D eigenvalue weighted by Crippen LogP contribution is 2.17. The third-order valence-electron chi connectivity index (χ3n) is 3.33. The van der Waals surface area contributed by atoms with Crippen LogP contribution in [0.15, 0.2) is 48.8 Å². The Morgan fingerprint density at radius 3 is 2.61 bits per heavy atom. The molecule has 0 bridgehead atoms. The molecule has 0 saturated carbocycles. The second-order valence-electron chi connectivity index (χ2n) is 4.75. The van der Waals surface area contributed by atoms with Crippen LogP contribution in [0.25, 0.3) is 10.9 Å². The maximum absolute atomic E-state index is 12.2. The number of carbonyl (C=O) groups excluding carboxylic acids is 2. The van der Waals surface area contributed by atoms with Gasteiger partial charge in [0, 0.05) is 29.4 Å². The number of fused-ring (bicyclic) bond motifs is 1. The SMILES string of the molecule is COc1ccc(C(=O)NNC(=O)c2c[nH]c3ccccc23)cn1. The van der Waals surface area contributed by atoms with Gasteiger partial charge >= 0.3 is 0 Å². The largest absolute Gasteiger partial charge is 0.481 e. The van der Waals surface area contributed by atoms with Gasteiger partial charge in [0.2, 0.25) is 5.88 Å². The molecule has 2 amide bonds. The molecule has 2 heterocycles. The summed E-state index contributed by atoms with van der Waals surface area (Å²) >= 11 is 0. The summed E-state index contributed by atoms with van der Waals surface area (Å²) in [6.45, 7) is 0. The van der Waals surface area contributed by atoms with Crippen LogP contribution in [0.3, 0.4) is 0 Å². The number of aromatic amines is 1. The first kappa shape index (κ1) is 14.6. The highest BCUT2D eigenvalue weighted by Gasteiger charge is 2.13. The molecular formula is C16H14N4O3. The van der Waals surface area contributed by atoms with Crippen molar-refractivity contribution in [3.05, 3.63) is 59.9 Å². The van der Waals surface area contributed by atoms with Gasteiger partial charge in [-0.05, 0) is 12.1 Å². The molecule has 0 radical (unpaired) electrons. The third-order valence-corrected chi connectivity index (χ3v) is 3.33. The number of methoxy groups -OCH3 is 1. The average molecular weight is 310 g/mol. The van der Waals surface area contributed by atoms with E-state index >= 15 is 0 Å². The minimum atomic E-state index is -0.464. The Kier molecular flexibility index (Phi) is 3.92. The lowest BCUT2D eigenvalue weighted by molar-refractivity contribution is 0.0847. The van der Waals surface area contributed by atoms with Crippen LogP contribution in [0, 0.1) is 0 Å². The van der Waals surface area contributed by atoms with E-state index in [9.17, 15) is 9.59 Å². The number of hydrazine groups is 1. The summed E-state index contributed by atoms with van der Waals surface area (Å²) in [5, 5.41) is 0.783. The molecule has 0 spiro atoms. The predicted octanol–water partition coefficient (Wildman–Crippen LogP) is 1.65. The van der Waals surface area contributed by atoms with E-state index in [2.05, 4.69) is 20.8 Å². The molecule has 0 unspecified atom stereocenters. The first-order valence-corrected chi connectivity index (χ1v) is 6.86. The van der Waals surface area contributed by atoms with Crippen molar-refractivity contribution in [2.45, 2.75) is 0 Å². The summed E-state index contributed by atoms with van der Waals surface area (Å²) in [7, 11) is 1.49. The first-order valence-electron chi connectivity index (χ1n) is 6.86. The van der Waals surface area contributed by atoms with Crippen molar-refractivity contribution in [1.29, 1.82) is 0 Å². The number of pyridine rings is 1. The molecule has 7 nitrogen and oxygen atoms in total. The van der Waals surface area contributed by atoms with Gasteiger partial charge in [0.15, 0.2) is 0 Å². The predicted molar refractivity (Wildman–Crippen MR) is 84.0 cm³/mol. The molecule has 7 heteroatoms. The number of carbonyl (C=O) groups is 2. The Morgan fingerprint density at radius 2 is 1.87 bits per heavy atom. The molecule has 0 aliphatic rings. The molecule has 0 fully saturated rings. The second-order valence-corrected chi connectivity index (χ2v) is 4.75. The number of rotatable bonds is 3. The van der Waals surface area contributed by atoms with Crippen molar-refractivity contribution >= 4 is 22.7 Å². The van der Waals surface area contributed by atoms with Gasteiger partial charge in [-0.25, -0.2) is 4.98 Å². The van der Waals surface area contributed by atoms with Crippen molar-refractivity contribution in [2.24, 2.45) is 0 Å². The number of nitrogens with zero attached hydrogens (tertiary/aromatic N) is 1. The molecule has 3 N–H and O–H groups in total. The van der Waals surface area contributed by atoms with Crippen LogP contribution in [0.4, 0.5) is 0 Å². The van der Waals surface area contributed by atoms with E-state index in [1.807, 2.05) is 24.3 Å². The van der Waals surface area contributed by atoms with Gasteiger partial charge < -0.3 is 9.72 Å². The number of benzene rings is 1. The number of hydrogen-bond acceptors (Lipinski definition) is 4. The minimum Gasteiger partial charge on any atom is -0.481 e. The van der Waals surface area contributed by atoms with E-state index in [0.717, 1.165) is 10.9 Å². The van der Waals surface area contributed by atoms with E-state index in [1.165, 1.54) is 13.3 Å². The summed E-state index contributed by atoms with van der Waals surface area (Å²) in [4.78, 5) is 31.1. The number of H-pyrrole nitrogens is 1. The molecule has 23 heavy (non-hydrogen) atoms. The van der Waals surface area contributed by atoms with E-state index in [4.69, 9.17) is 4.74 Å². The smallest absolute Gasteiger partial charge is 0.271 e. The number of hydrogen-bond donors (Lipinski definition) is 3. The number of para-hydroxylation sites is 1. The maximum Gasteiger partial charge on any atom is 0.271 e. The lowest BCUT2D eigenvalue weighted by Gasteiger charge is -2.07. The normalized spacial score (nSPS) is 10.3. The first-order chi connectivity index (χ1) is 11.2. The molecular weight excluding hydrogens is 296 g/mol. The standard InChI is InChI=1S/C16H14N4O3/c1-23-14-7-6-10(8-18-14)15(21)19-20-16(22)12-9-17-13-5-3-2-4-11(12)13/h2-9,17H,1H3,(H,19,21)(H,20,22). The molecule has 1 aromatic carbocycles.